The first-order valence-electron chi connectivity index (χ1n) is 8.07. The third-order valence-electron chi connectivity index (χ3n) is 4.02. The van der Waals surface area contributed by atoms with E-state index in [9.17, 15) is 23.9 Å². The molecule has 0 saturated heterocycles. The van der Waals surface area contributed by atoms with E-state index in [1.54, 1.807) is 0 Å². The third kappa shape index (κ3) is 3.63. The molecule has 0 aliphatic heterocycles. The fourth-order valence-corrected chi connectivity index (χ4v) is 2.65. The van der Waals surface area contributed by atoms with E-state index in [1.165, 1.54) is 49.5 Å². The Morgan fingerprint density at radius 3 is 2.43 bits per heavy atom. The second-order valence-corrected chi connectivity index (χ2v) is 5.90. The molecular formula is C19H15FN2O6. The molecule has 0 unspecified atom stereocenters. The van der Waals surface area contributed by atoms with Gasteiger partial charge in [0, 0.05) is 18.5 Å². The van der Waals surface area contributed by atoms with Crippen LogP contribution in [0.5, 0.6) is 17.2 Å². The van der Waals surface area contributed by atoms with Crippen LogP contribution in [0.2, 0.25) is 0 Å². The summed E-state index contributed by atoms with van der Waals surface area (Å²) in [6, 6.07) is 9.79. The maximum atomic E-state index is 13.0. The Balaban J connectivity index is 2.03. The zero-order chi connectivity index (χ0) is 20.4. The number of amides is 1. The van der Waals surface area contributed by atoms with Crippen molar-refractivity contribution in [1.82, 2.24) is 9.88 Å². The fraction of sp³-hybridized carbons (Fsp3) is 0.105. The Bertz CT molecular complexity index is 1140. The van der Waals surface area contributed by atoms with Gasteiger partial charge >= 0.3 is 5.97 Å². The van der Waals surface area contributed by atoms with Gasteiger partial charge in [-0.15, -0.1) is 0 Å². The second-order valence-electron chi connectivity index (χ2n) is 5.90. The third-order valence-corrected chi connectivity index (χ3v) is 4.02. The molecule has 0 saturated carbocycles. The number of fused-ring (bicyclic) bond motifs is 1. The van der Waals surface area contributed by atoms with E-state index in [0.29, 0.717) is 11.5 Å². The smallest absolute Gasteiger partial charge is 0.322 e. The van der Waals surface area contributed by atoms with E-state index < -0.39 is 41.1 Å². The van der Waals surface area contributed by atoms with Crippen LogP contribution in [-0.4, -0.2) is 33.2 Å². The number of nitrogens with one attached hydrogen (secondary N) is 1. The number of hydrogen-bond donors (Lipinski definition) is 3. The number of carboxylic acid groups (broad SMARTS) is 1. The highest BCUT2D eigenvalue weighted by Crippen LogP contribution is 2.31. The lowest BCUT2D eigenvalue weighted by atomic mass is 10.1. The number of pyridine rings is 1. The number of carboxylic acids is 1. The molecule has 1 amide bonds. The van der Waals surface area contributed by atoms with Crippen molar-refractivity contribution in [3.63, 3.8) is 0 Å². The number of nitrogens with zero attached hydrogens (tertiary/aromatic N) is 1. The van der Waals surface area contributed by atoms with Crippen molar-refractivity contribution in [2.24, 2.45) is 7.05 Å². The van der Waals surface area contributed by atoms with Crippen molar-refractivity contribution in [3.05, 3.63) is 64.2 Å². The molecule has 0 bridgehead atoms. The van der Waals surface area contributed by atoms with E-state index in [-0.39, 0.29) is 10.9 Å². The topological polar surface area (TPSA) is 118 Å². The highest BCUT2D eigenvalue weighted by atomic mass is 19.1. The molecule has 1 aromatic heterocycles. The number of aromatic nitrogens is 1. The van der Waals surface area contributed by atoms with Crippen molar-refractivity contribution in [2.75, 3.05) is 6.54 Å². The lowest BCUT2D eigenvalue weighted by Crippen LogP contribution is -2.35. The van der Waals surface area contributed by atoms with Gasteiger partial charge in [-0.25, -0.2) is 4.39 Å². The van der Waals surface area contributed by atoms with Gasteiger partial charge in [0.05, 0.1) is 5.52 Å². The van der Waals surface area contributed by atoms with Crippen LogP contribution in [0.1, 0.15) is 10.4 Å². The molecular weight excluding hydrogens is 371 g/mol. The molecule has 144 valence electrons. The van der Waals surface area contributed by atoms with Crippen LogP contribution in [0.25, 0.3) is 10.9 Å². The van der Waals surface area contributed by atoms with Crippen LogP contribution in [0, 0.1) is 5.82 Å². The zero-order valence-corrected chi connectivity index (χ0v) is 14.6. The van der Waals surface area contributed by atoms with Gasteiger partial charge in [0.25, 0.3) is 11.5 Å². The Kier molecular flexibility index (Phi) is 4.99. The van der Waals surface area contributed by atoms with Gasteiger partial charge in [0.1, 0.15) is 35.2 Å². The molecule has 8 nitrogen and oxygen atoms in total. The molecule has 1 heterocycles. The summed E-state index contributed by atoms with van der Waals surface area (Å²) in [4.78, 5) is 35.2. The number of hydrogen-bond acceptors (Lipinski definition) is 5. The Morgan fingerprint density at radius 2 is 1.79 bits per heavy atom. The molecule has 9 heteroatoms. The predicted octanol–water partition coefficient (Wildman–Crippen LogP) is 1.99. The van der Waals surface area contributed by atoms with E-state index >= 15 is 0 Å². The molecule has 0 aliphatic rings. The minimum Gasteiger partial charge on any atom is -0.506 e. The van der Waals surface area contributed by atoms with Crippen LogP contribution in [0.4, 0.5) is 4.39 Å². The number of halogens is 1. The standard InChI is InChI=1S/C19H15FN2O6/c1-22-14-8-12(28-11-4-2-10(20)3-5-11)6-7-13(14)17(25)16(19(22)27)18(26)21-9-15(23)24/h2-8,25H,9H2,1H3,(H,21,26)(H,23,24). The van der Waals surface area contributed by atoms with Crippen LogP contribution >= 0.6 is 0 Å². The Morgan fingerprint density at radius 1 is 1.14 bits per heavy atom. The Hall–Kier alpha value is -3.88. The van der Waals surface area contributed by atoms with Crippen LogP contribution < -0.4 is 15.6 Å². The van der Waals surface area contributed by atoms with Gasteiger partial charge in [-0.2, -0.15) is 0 Å². The number of aryl methyl sites for hydroxylation is 1. The van der Waals surface area contributed by atoms with E-state index in [1.807, 2.05) is 0 Å². The molecule has 0 spiro atoms. The first-order valence-corrected chi connectivity index (χ1v) is 8.07. The molecule has 0 fully saturated rings. The second kappa shape index (κ2) is 7.39. The first kappa shape index (κ1) is 18.9. The average molecular weight is 386 g/mol. The molecule has 3 aromatic rings. The zero-order valence-electron chi connectivity index (χ0n) is 14.6. The summed E-state index contributed by atoms with van der Waals surface area (Å²) in [7, 11) is 1.40. The lowest BCUT2D eigenvalue weighted by molar-refractivity contribution is -0.135. The van der Waals surface area contributed by atoms with Crippen molar-refractivity contribution in [3.8, 4) is 17.2 Å². The number of aliphatic carboxylic acids is 1. The molecule has 28 heavy (non-hydrogen) atoms. The minimum absolute atomic E-state index is 0.203. The van der Waals surface area contributed by atoms with Crippen LogP contribution in [-0.2, 0) is 11.8 Å². The normalized spacial score (nSPS) is 10.6. The monoisotopic (exact) mass is 386 g/mol. The van der Waals surface area contributed by atoms with Crippen LogP contribution in [0.3, 0.4) is 0 Å². The maximum Gasteiger partial charge on any atom is 0.322 e. The number of carbonyl (C=O) groups excluding carboxylic acids is 1. The van der Waals surface area contributed by atoms with Crippen molar-refractivity contribution >= 4 is 22.8 Å². The fourth-order valence-electron chi connectivity index (χ4n) is 2.65. The summed E-state index contributed by atoms with van der Waals surface area (Å²) in [6.45, 7) is -0.691. The summed E-state index contributed by atoms with van der Waals surface area (Å²) in [5.41, 5.74) is -1.06. The summed E-state index contributed by atoms with van der Waals surface area (Å²) < 4.78 is 19.7. The summed E-state index contributed by atoms with van der Waals surface area (Å²) >= 11 is 0. The van der Waals surface area contributed by atoms with Gasteiger partial charge in [0.2, 0.25) is 0 Å². The number of rotatable bonds is 5. The highest BCUT2D eigenvalue weighted by Gasteiger charge is 2.21. The summed E-state index contributed by atoms with van der Waals surface area (Å²) in [5.74, 6) is -2.54. The first-order chi connectivity index (χ1) is 13.3. The summed E-state index contributed by atoms with van der Waals surface area (Å²) in [6.07, 6.45) is 0. The Labute approximate surface area is 157 Å². The van der Waals surface area contributed by atoms with Gasteiger partial charge in [-0.05, 0) is 36.4 Å². The van der Waals surface area contributed by atoms with E-state index in [0.717, 1.165) is 4.57 Å². The van der Waals surface area contributed by atoms with Gasteiger partial charge in [-0.1, -0.05) is 0 Å². The number of aromatic hydroxyl groups is 1. The van der Waals surface area contributed by atoms with E-state index in [4.69, 9.17) is 9.84 Å². The molecule has 2 aromatic carbocycles. The lowest BCUT2D eigenvalue weighted by Gasteiger charge is -2.13. The van der Waals surface area contributed by atoms with Gasteiger partial charge in [-0.3, -0.25) is 14.4 Å². The SMILES string of the molecule is Cn1c(=O)c(C(=O)NCC(=O)O)c(O)c2ccc(Oc3ccc(F)cc3)cc21. The molecule has 3 rings (SSSR count). The van der Waals surface area contributed by atoms with Crippen molar-refractivity contribution in [2.45, 2.75) is 0 Å². The van der Waals surface area contributed by atoms with Crippen molar-refractivity contribution < 1.29 is 28.9 Å². The van der Waals surface area contributed by atoms with E-state index in [2.05, 4.69) is 5.32 Å². The van der Waals surface area contributed by atoms with Gasteiger partial charge < -0.3 is 24.8 Å². The average Bonchev–Trinajstić information content (AvgIpc) is 2.66. The quantitative estimate of drug-likeness (QED) is 0.617. The van der Waals surface area contributed by atoms with Crippen molar-refractivity contribution in [1.29, 1.82) is 0 Å². The highest BCUT2D eigenvalue weighted by molar-refractivity contribution is 6.03. The van der Waals surface area contributed by atoms with Crippen LogP contribution in [0.15, 0.2) is 47.3 Å². The number of carbonyl (C=O) groups is 2. The molecule has 0 atom stereocenters. The van der Waals surface area contributed by atoms with Gasteiger partial charge in [0.15, 0.2) is 0 Å². The number of ether oxygens (including phenoxy) is 1. The predicted molar refractivity (Wildman–Crippen MR) is 97.3 cm³/mol. The molecule has 0 radical (unpaired) electrons. The molecule has 0 aliphatic carbocycles. The maximum absolute atomic E-state index is 13.0. The molecule has 3 N–H and O–H groups in total. The minimum atomic E-state index is -1.28. The number of benzene rings is 2. The summed E-state index contributed by atoms with van der Waals surface area (Å²) in [5, 5.41) is 21.3. The largest absolute Gasteiger partial charge is 0.506 e.